The third kappa shape index (κ3) is 34.9. The highest BCUT2D eigenvalue weighted by atomic mass is 16.2. The maximum atomic E-state index is 12.0. The van der Waals surface area contributed by atoms with E-state index in [2.05, 4.69) is 36.6 Å². The normalized spacial score (nSPS) is 11.4. The van der Waals surface area contributed by atoms with Crippen LogP contribution in [-0.4, -0.2) is 24.9 Å². The first kappa shape index (κ1) is 40.7. The van der Waals surface area contributed by atoms with Gasteiger partial charge in [-0.25, -0.2) is 0 Å². The van der Waals surface area contributed by atoms with Crippen LogP contribution in [0.3, 0.4) is 0 Å². The minimum atomic E-state index is 0.115. The van der Waals surface area contributed by atoms with Crippen molar-refractivity contribution in [2.45, 2.75) is 206 Å². The molecule has 0 rings (SSSR count). The molecule has 0 aromatic rings. The summed E-state index contributed by atoms with van der Waals surface area (Å²) in [5.41, 5.74) is 0. The third-order valence-electron chi connectivity index (χ3n) is 8.44. The van der Waals surface area contributed by atoms with Gasteiger partial charge in [-0.15, -0.1) is 0 Å². The molecule has 0 unspecified atom stereocenters. The highest BCUT2D eigenvalue weighted by molar-refractivity contribution is 5.77. The van der Waals surface area contributed by atoms with Gasteiger partial charge in [-0.2, -0.15) is 0 Å². The molecule has 0 radical (unpaired) electrons. The Labute approximate surface area is 263 Å². The second-order valence-electron chi connectivity index (χ2n) is 12.7. The van der Waals surface area contributed by atoms with Gasteiger partial charge in [-0.05, 0) is 38.5 Å². The molecule has 0 aliphatic rings. The van der Waals surface area contributed by atoms with Crippen LogP contribution in [0.15, 0.2) is 12.2 Å². The summed E-state index contributed by atoms with van der Waals surface area (Å²) < 4.78 is 0. The second kappa shape index (κ2) is 35.9. The zero-order valence-corrected chi connectivity index (χ0v) is 28.6. The number of nitrogens with one attached hydrogen (secondary N) is 2. The molecule has 248 valence electrons. The number of amides is 2. The van der Waals surface area contributed by atoms with Crippen molar-refractivity contribution in [1.29, 1.82) is 0 Å². The number of hydrogen-bond donors (Lipinski definition) is 2. The molecule has 4 heteroatoms. The molecule has 0 bridgehead atoms. The lowest BCUT2D eigenvalue weighted by Gasteiger charge is -2.07. The molecule has 0 fully saturated rings. The van der Waals surface area contributed by atoms with E-state index in [1.165, 1.54) is 154 Å². The van der Waals surface area contributed by atoms with Gasteiger partial charge in [0.05, 0.1) is 0 Å². The molecule has 0 atom stereocenters. The molecule has 0 saturated carbocycles. The maximum absolute atomic E-state index is 12.0. The highest BCUT2D eigenvalue weighted by Gasteiger charge is 2.03. The number of allylic oxidation sites excluding steroid dienone is 2. The van der Waals surface area contributed by atoms with Crippen molar-refractivity contribution in [2.75, 3.05) is 13.1 Å². The first-order valence-electron chi connectivity index (χ1n) is 18.9. The second-order valence-corrected chi connectivity index (χ2v) is 12.7. The van der Waals surface area contributed by atoms with Gasteiger partial charge in [0.2, 0.25) is 11.8 Å². The molecule has 0 aliphatic heterocycles. The van der Waals surface area contributed by atoms with Crippen LogP contribution in [0.2, 0.25) is 0 Å². The van der Waals surface area contributed by atoms with E-state index in [1.807, 2.05) is 0 Å². The van der Waals surface area contributed by atoms with Gasteiger partial charge < -0.3 is 10.6 Å². The molecule has 0 heterocycles. The average Bonchev–Trinajstić information content (AvgIpc) is 2.99. The predicted octanol–water partition coefficient (Wildman–Crippen LogP) is 11.5. The first-order valence-corrected chi connectivity index (χ1v) is 18.9. The van der Waals surface area contributed by atoms with E-state index in [0.717, 1.165) is 25.7 Å². The van der Waals surface area contributed by atoms with Crippen LogP contribution in [0.5, 0.6) is 0 Å². The lowest BCUT2D eigenvalue weighted by Crippen LogP contribution is -2.34. The summed E-state index contributed by atoms with van der Waals surface area (Å²) in [7, 11) is 0. The summed E-state index contributed by atoms with van der Waals surface area (Å²) in [4.78, 5) is 24.0. The lowest BCUT2D eigenvalue weighted by atomic mass is 10.0. The molecular formula is C38H74N2O2. The highest BCUT2D eigenvalue weighted by Crippen LogP contribution is 2.14. The number of hydrogen-bond acceptors (Lipinski definition) is 2. The molecule has 0 saturated heterocycles. The smallest absolute Gasteiger partial charge is 0.220 e. The van der Waals surface area contributed by atoms with Crippen LogP contribution in [-0.2, 0) is 9.59 Å². The largest absolute Gasteiger partial charge is 0.354 e. The van der Waals surface area contributed by atoms with Crippen molar-refractivity contribution < 1.29 is 9.59 Å². The number of unbranched alkanes of at least 4 members (excludes halogenated alkanes) is 25. The molecule has 0 aromatic heterocycles. The Hall–Kier alpha value is -1.32. The Morgan fingerprint density at radius 3 is 0.952 bits per heavy atom. The van der Waals surface area contributed by atoms with Crippen LogP contribution in [0.25, 0.3) is 0 Å². The van der Waals surface area contributed by atoms with Crippen LogP contribution in [0.1, 0.15) is 206 Å². The van der Waals surface area contributed by atoms with Gasteiger partial charge in [0, 0.05) is 25.9 Å². The van der Waals surface area contributed by atoms with Crippen LogP contribution in [0.4, 0.5) is 0 Å². The third-order valence-corrected chi connectivity index (χ3v) is 8.44. The number of carbonyl (C=O) groups is 2. The quantitative estimate of drug-likeness (QED) is 0.0578. The molecule has 42 heavy (non-hydrogen) atoms. The van der Waals surface area contributed by atoms with Crippen molar-refractivity contribution >= 4 is 11.8 Å². The summed E-state index contributed by atoms with van der Waals surface area (Å²) in [6.07, 6.45) is 42.5. The summed E-state index contributed by atoms with van der Waals surface area (Å²) in [6.45, 7) is 5.62. The van der Waals surface area contributed by atoms with Crippen LogP contribution < -0.4 is 10.6 Å². The monoisotopic (exact) mass is 591 g/mol. The summed E-state index contributed by atoms with van der Waals surface area (Å²) >= 11 is 0. The predicted molar refractivity (Wildman–Crippen MR) is 185 cm³/mol. The fourth-order valence-corrected chi connectivity index (χ4v) is 5.59. The van der Waals surface area contributed by atoms with Gasteiger partial charge >= 0.3 is 0 Å². The maximum Gasteiger partial charge on any atom is 0.220 e. The topological polar surface area (TPSA) is 58.2 Å². The molecule has 2 N–H and O–H groups in total. The Balaban J connectivity index is 3.30. The van der Waals surface area contributed by atoms with E-state index < -0.39 is 0 Å². The van der Waals surface area contributed by atoms with E-state index >= 15 is 0 Å². The SMILES string of the molecule is CCCCCCCC/C=C/CCCCCCCC(=O)NCCNC(=O)CCCCCCCCCCCCCCCCC. The number of rotatable bonds is 34. The Kier molecular flexibility index (Phi) is 34.7. The Morgan fingerprint density at radius 2 is 0.643 bits per heavy atom. The van der Waals surface area contributed by atoms with Crippen LogP contribution >= 0.6 is 0 Å². The molecular weight excluding hydrogens is 516 g/mol. The van der Waals surface area contributed by atoms with Crippen molar-refractivity contribution in [3.05, 3.63) is 12.2 Å². The summed E-state index contributed by atoms with van der Waals surface area (Å²) in [5, 5.41) is 5.90. The molecule has 4 nitrogen and oxygen atoms in total. The molecule has 0 spiro atoms. The summed E-state index contributed by atoms with van der Waals surface area (Å²) in [6, 6.07) is 0. The average molecular weight is 591 g/mol. The van der Waals surface area contributed by atoms with Crippen molar-refractivity contribution in [2.24, 2.45) is 0 Å². The van der Waals surface area contributed by atoms with Crippen molar-refractivity contribution in [1.82, 2.24) is 10.6 Å². The van der Waals surface area contributed by atoms with Crippen molar-refractivity contribution in [3.8, 4) is 0 Å². The van der Waals surface area contributed by atoms with Crippen molar-refractivity contribution in [3.63, 3.8) is 0 Å². The van der Waals surface area contributed by atoms with Gasteiger partial charge in [-0.1, -0.05) is 167 Å². The van der Waals surface area contributed by atoms with Gasteiger partial charge in [-0.3, -0.25) is 9.59 Å². The lowest BCUT2D eigenvalue weighted by molar-refractivity contribution is -0.123. The van der Waals surface area contributed by atoms with Gasteiger partial charge in [0.15, 0.2) is 0 Å². The minimum absolute atomic E-state index is 0.115. The van der Waals surface area contributed by atoms with E-state index in [-0.39, 0.29) is 11.8 Å². The zero-order chi connectivity index (χ0) is 30.6. The van der Waals surface area contributed by atoms with E-state index in [4.69, 9.17) is 0 Å². The van der Waals surface area contributed by atoms with E-state index in [9.17, 15) is 9.59 Å². The van der Waals surface area contributed by atoms with E-state index in [1.54, 1.807) is 0 Å². The van der Waals surface area contributed by atoms with Crippen LogP contribution in [0, 0.1) is 0 Å². The zero-order valence-electron chi connectivity index (χ0n) is 28.6. The van der Waals surface area contributed by atoms with E-state index in [0.29, 0.717) is 25.9 Å². The first-order chi connectivity index (χ1) is 20.7. The molecule has 0 aromatic carbocycles. The molecule has 2 amide bonds. The van der Waals surface area contributed by atoms with Gasteiger partial charge in [0.25, 0.3) is 0 Å². The Morgan fingerprint density at radius 1 is 0.381 bits per heavy atom. The number of carbonyl (C=O) groups excluding carboxylic acids is 2. The Bertz CT molecular complexity index is 590. The fourth-order valence-electron chi connectivity index (χ4n) is 5.59. The standard InChI is InChI=1S/C38H74N2O2/c1-3-5-7-9-11-13-15-17-19-21-23-25-27-29-31-33-37(41)39-35-36-40-38(42)34-32-30-28-26-24-22-20-18-16-14-12-10-8-6-4-2/h17,19H,3-16,18,20-36H2,1-2H3,(H,39,41)(H,40,42)/b19-17+. The molecule has 0 aliphatic carbocycles. The minimum Gasteiger partial charge on any atom is -0.354 e. The fraction of sp³-hybridized carbons (Fsp3) is 0.895. The summed E-state index contributed by atoms with van der Waals surface area (Å²) in [5.74, 6) is 0.237. The van der Waals surface area contributed by atoms with Gasteiger partial charge in [0.1, 0.15) is 0 Å².